The van der Waals surface area contributed by atoms with Gasteiger partial charge >= 0.3 is 0 Å². The SMILES string of the molecule is CCC(CC)c1cc(C(=O)NC/C=C/S(C)(=O)=O)on1. The van der Waals surface area contributed by atoms with Gasteiger partial charge in [-0.3, -0.25) is 4.79 Å². The van der Waals surface area contributed by atoms with Crippen molar-refractivity contribution in [2.24, 2.45) is 0 Å². The zero-order valence-corrected chi connectivity index (χ0v) is 12.7. The van der Waals surface area contributed by atoms with Crippen LogP contribution >= 0.6 is 0 Å². The fourth-order valence-corrected chi connectivity index (χ4v) is 2.20. The van der Waals surface area contributed by atoms with Gasteiger partial charge in [0.25, 0.3) is 5.91 Å². The number of carbonyl (C=O) groups is 1. The first kappa shape index (κ1) is 16.4. The van der Waals surface area contributed by atoms with Crippen molar-refractivity contribution < 1.29 is 17.7 Å². The molecule has 0 radical (unpaired) electrons. The van der Waals surface area contributed by atoms with Crippen LogP contribution in [-0.4, -0.2) is 32.3 Å². The van der Waals surface area contributed by atoms with Crippen LogP contribution in [0.1, 0.15) is 48.9 Å². The molecule has 1 aromatic rings. The number of rotatable bonds is 7. The molecule has 0 bridgehead atoms. The molecule has 1 heterocycles. The van der Waals surface area contributed by atoms with E-state index in [1.165, 1.54) is 6.08 Å². The Labute approximate surface area is 119 Å². The summed E-state index contributed by atoms with van der Waals surface area (Å²) >= 11 is 0. The van der Waals surface area contributed by atoms with Crippen LogP contribution in [0, 0.1) is 0 Å². The Morgan fingerprint density at radius 2 is 2.10 bits per heavy atom. The molecular formula is C13H20N2O4S. The molecule has 1 amide bonds. The summed E-state index contributed by atoms with van der Waals surface area (Å²) in [5.41, 5.74) is 0.770. The second-order valence-corrected chi connectivity index (χ2v) is 6.47. The molecule has 6 nitrogen and oxygen atoms in total. The molecule has 1 aromatic heterocycles. The molecule has 0 saturated heterocycles. The average Bonchev–Trinajstić information content (AvgIpc) is 2.84. The molecule has 112 valence electrons. The largest absolute Gasteiger partial charge is 0.351 e. The third kappa shape index (κ3) is 5.16. The van der Waals surface area contributed by atoms with Crippen molar-refractivity contribution >= 4 is 15.7 Å². The number of hydrogen-bond donors (Lipinski definition) is 1. The summed E-state index contributed by atoms with van der Waals surface area (Å²) in [6.45, 7) is 4.23. The van der Waals surface area contributed by atoms with Crippen molar-refractivity contribution in [3.05, 3.63) is 29.0 Å². The zero-order chi connectivity index (χ0) is 15.2. The fraction of sp³-hybridized carbons (Fsp3) is 0.538. The molecule has 0 fully saturated rings. The number of carbonyl (C=O) groups excluding carboxylic acids is 1. The van der Waals surface area contributed by atoms with E-state index >= 15 is 0 Å². The van der Waals surface area contributed by atoms with E-state index in [2.05, 4.69) is 24.3 Å². The number of aromatic nitrogens is 1. The Bertz CT molecular complexity index is 571. The van der Waals surface area contributed by atoms with Crippen molar-refractivity contribution in [1.82, 2.24) is 10.5 Å². The highest BCUT2D eigenvalue weighted by Crippen LogP contribution is 2.22. The molecule has 0 aliphatic rings. The predicted octanol–water partition coefficient (Wildman–Crippen LogP) is 1.87. The fourth-order valence-electron chi connectivity index (χ4n) is 1.76. The summed E-state index contributed by atoms with van der Waals surface area (Å²) in [5, 5.41) is 7.48. The minimum absolute atomic E-state index is 0.118. The van der Waals surface area contributed by atoms with Crippen LogP contribution in [0.4, 0.5) is 0 Å². The summed E-state index contributed by atoms with van der Waals surface area (Å²) in [5.74, 6) is 0.0120. The van der Waals surface area contributed by atoms with Gasteiger partial charge in [-0.1, -0.05) is 25.1 Å². The van der Waals surface area contributed by atoms with Gasteiger partial charge in [-0.25, -0.2) is 8.42 Å². The first-order chi connectivity index (χ1) is 9.37. The van der Waals surface area contributed by atoms with Crippen LogP contribution in [0.5, 0.6) is 0 Å². The summed E-state index contributed by atoms with van der Waals surface area (Å²) < 4.78 is 26.7. The van der Waals surface area contributed by atoms with Crippen LogP contribution in [0.3, 0.4) is 0 Å². The molecule has 0 aliphatic carbocycles. The summed E-state index contributed by atoms with van der Waals surface area (Å²) in [6, 6.07) is 1.63. The average molecular weight is 300 g/mol. The molecular weight excluding hydrogens is 280 g/mol. The number of nitrogens with one attached hydrogen (secondary N) is 1. The molecule has 0 atom stereocenters. The Morgan fingerprint density at radius 1 is 1.45 bits per heavy atom. The monoisotopic (exact) mass is 300 g/mol. The Balaban J connectivity index is 2.59. The number of hydrogen-bond acceptors (Lipinski definition) is 5. The first-order valence-corrected chi connectivity index (χ1v) is 8.44. The highest BCUT2D eigenvalue weighted by atomic mass is 32.2. The molecule has 7 heteroatoms. The minimum Gasteiger partial charge on any atom is -0.351 e. The number of amides is 1. The van der Waals surface area contributed by atoms with Crippen LogP contribution in [-0.2, 0) is 9.84 Å². The predicted molar refractivity (Wildman–Crippen MR) is 76.1 cm³/mol. The van der Waals surface area contributed by atoms with E-state index in [1.807, 2.05) is 0 Å². The smallest absolute Gasteiger partial charge is 0.290 e. The quantitative estimate of drug-likeness (QED) is 0.830. The van der Waals surface area contributed by atoms with Gasteiger partial charge in [0.2, 0.25) is 5.76 Å². The second kappa shape index (κ2) is 7.23. The number of sulfone groups is 1. The highest BCUT2D eigenvalue weighted by molar-refractivity contribution is 7.93. The van der Waals surface area contributed by atoms with E-state index in [-0.39, 0.29) is 18.2 Å². The van der Waals surface area contributed by atoms with Gasteiger partial charge in [0.15, 0.2) is 9.84 Å². The van der Waals surface area contributed by atoms with Crippen molar-refractivity contribution in [1.29, 1.82) is 0 Å². The van der Waals surface area contributed by atoms with Crippen molar-refractivity contribution in [3.63, 3.8) is 0 Å². The second-order valence-electron chi connectivity index (χ2n) is 4.54. The Hall–Kier alpha value is -1.63. The van der Waals surface area contributed by atoms with E-state index in [0.717, 1.165) is 30.2 Å². The molecule has 20 heavy (non-hydrogen) atoms. The van der Waals surface area contributed by atoms with E-state index in [4.69, 9.17) is 4.52 Å². The van der Waals surface area contributed by atoms with E-state index < -0.39 is 15.7 Å². The lowest BCUT2D eigenvalue weighted by molar-refractivity contribution is 0.0921. The highest BCUT2D eigenvalue weighted by Gasteiger charge is 2.16. The molecule has 0 spiro atoms. The lowest BCUT2D eigenvalue weighted by Crippen LogP contribution is -2.22. The maximum Gasteiger partial charge on any atom is 0.290 e. The third-order valence-corrected chi connectivity index (χ3v) is 3.57. The van der Waals surface area contributed by atoms with Crippen LogP contribution < -0.4 is 5.32 Å². The van der Waals surface area contributed by atoms with Gasteiger partial charge in [-0.05, 0) is 12.8 Å². The lowest BCUT2D eigenvalue weighted by atomic mass is 9.99. The molecule has 0 aromatic carbocycles. The van der Waals surface area contributed by atoms with Gasteiger partial charge in [0, 0.05) is 30.2 Å². The van der Waals surface area contributed by atoms with Crippen LogP contribution in [0.25, 0.3) is 0 Å². The standard InChI is InChI=1S/C13H20N2O4S/c1-4-10(5-2)11-9-12(19-15-11)13(16)14-7-6-8-20(3,17)18/h6,8-10H,4-5,7H2,1-3H3,(H,14,16)/b8-6+. The van der Waals surface area contributed by atoms with Gasteiger partial charge in [-0.2, -0.15) is 0 Å². The van der Waals surface area contributed by atoms with Gasteiger partial charge in [0.1, 0.15) is 0 Å². The zero-order valence-electron chi connectivity index (χ0n) is 11.9. The van der Waals surface area contributed by atoms with E-state index in [9.17, 15) is 13.2 Å². The maximum atomic E-state index is 11.8. The summed E-state index contributed by atoms with van der Waals surface area (Å²) in [4.78, 5) is 11.8. The third-order valence-electron chi connectivity index (χ3n) is 2.88. The number of nitrogens with zero attached hydrogens (tertiary/aromatic N) is 1. The first-order valence-electron chi connectivity index (χ1n) is 6.48. The molecule has 1 N–H and O–H groups in total. The molecule has 0 unspecified atom stereocenters. The van der Waals surface area contributed by atoms with Crippen LogP contribution in [0.15, 0.2) is 22.1 Å². The Kier molecular flexibility index (Phi) is 5.94. The Morgan fingerprint density at radius 3 is 2.65 bits per heavy atom. The van der Waals surface area contributed by atoms with Gasteiger partial charge < -0.3 is 9.84 Å². The van der Waals surface area contributed by atoms with Gasteiger partial charge in [0.05, 0.1) is 5.69 Å². The molecule has 0 saturated carbocycles. The van der Waals surface area contributed by atoms with Crippen LogP contribution in [0.2, 0.25) is 0 Å². The van der Waals surface area contributed by atoms with Crippen molar-refractivity contribution in [3.8, 4) is 0 Å². The molecule has 1 rings (SSSR count). The molecule has 0 aliphatic heterocycles. The van der Waals surface area contributed by atoms with Crippen molar-refractivity contribution in [2.75, 3.05) is 12.8 Å². The minimum atomic E-state index is -3.17. The van der Waals surface area contributed by atoms with Gasteiger partial charge in [-0.15, -0.1) is 0 Å². The van der Waals surface area contributed by atoms with E-state index in [0.29, 0.717) is 0 Å². The summed E-state index contributed by atoms with van der Waals surface area (Å²) in [6.07, 6.45) is 4.32. The lowest BCUT2D eigenvalue weighted by Gasteiger charge is -2.05. The van der Waals surface area contributed by atoms with Crippen molar-refractivity contribution in [2.45, 2.75) is 32.6 Å². The summed E-state index contributed by atoms with van der Waals surface area (Å²) in [7, 11) is -3.17. The van der Waals surface area contributed by atoms with E-state index in [1.54, 1.807) is 6.07 Å². The maximum absolute atomic E-state index is 11.8. The normalized spacial score (nSPS) is 12.2. The topological polar surface area (TPSA) is 89.3 Å².